The maximum atomic E-state index is 4.86. The number of guanidine groups is 1. The molecule has 0 saturated carbocycles. The van der Waals surface area contributed by atoms with E-state index in [2.05, 4.69) is 27.0 Å². The van der Waals surface area contributed by atoms with E-state index in [-0.39, 0.29) is 0 Å². The lowest BCUT2D eigenvalue weighted by molar-refractivity contribution is 0.249. The number of thiazole rings is 1. The summed E-state index contributed by atoms with van der Waals surface area (Å²) in [6, 6.07) is 0.733. The molecule has 1 aromatic rings. The van der Waals surface area contributed by atoms with Crippen LogP contribution in [0.1, 0.15) is 32.6 Å². The summed E-state index contributed by atoms with van der Waals surface area (Å²) >= 11 is 3.56. The third kappa shape index (κ3) is 5.10. The molecule has 0 bridgehead atoms. The monoisotopic (exact) mass is 367 g/mol. The zero-order chi connectivity index (χ0) is 16.6. The first-order chi connectivity index (χ1) is 11.9. The Kier molecular flexibility index (Phi) is 7.23. The molecule has 2 aliphatic heterocycles. The number of nitrogens with zero attached hydrogens (tertiary/aromatic N) is 4. The van der Waals surface area contributed by atoms with Gasteiger partial charge in [-0.15, -0.1) is 11.3 Å². The summed E-state index contributed by atoms with van der Waals surface area (Å²) < 4.78 is 1.17. The summed E-state index contributed by atoms with van der Waals surface area (Å²) in [7, 11) is 0. The van der Waals surface area contributed by atoms with Crippen LogP contribution < -0.4 is 5.32 Å². The molecule has 3 heterocycles. The van der Waals surface area contributed by atoms with Crippen molar-refractivity contribution in [3.63, 3.8) is 0 Å². The lowest BCUT2D eigenvalue weighted by Crippen LogP contribution is -2.42. The Morgan fingerprint density at radius 1 is 1.42 bits per heavy atom. The van der Waals surface area contributed by atoms with Crippen molar-refractivity contribution in [3.05, 3.63) is 11.6 Å². The van der Waals surface area contributed by atoms with Gasteiger partial charge in [-0.3, -0.25) is 9.89 Å². The van der Waals surface area contributed by atoms with Crippen molar-refractivity contribution in [2.24, 2.45) is 4.99 Å². The lowest BCUT2D eigenvalue weighted by atomic mass is 10.2. The van der Waals surface area contributed by atoms with Gasteiger partial charge < -0.3 is 10.2 Å². The fraction of sp³-hybridized carbons (Fsp3) is 0.765. The largest absolute Gasteiger partial charge is 0.357 e. The first-order valence-corrected chi connectivity index (χ1v) is 11.0. The molecule has 1 aromatic heterocycles. The molecule has 3 rings (SSSR count). The van der Waals surface area contributed by atoms with E-state index in [9.17, 15) is 0 Å². The fourth-order valence-corrected chi connectivity index (χ4v) is 5.09. The summed E-state index contributed by atoms with van der Waals surface area (Å²) in [5.41, 5.74) is 0. The number of rotatable bonds is 7. The topological polar surface area (TPSA) is 43.8 Å². The van der Waals surface area contributed by atoms with E-state index in [0.29, 0.717) is 0 Å². The Bertz CT molecular complexity index is 499. The molecular formula is C17H29N5S2. The molecule has 1 atom stereocenters. The minimum absolute atomic E-state index is 0.733. The third-order valence-corrected chi connectivity index (χ3v) is 6.71. The Hall–Kier alpha value is -0.790. The van der Waals surface area contributed by atoms with Gasteiger partial charge in [-0.05, 0) is 45.7 Å². The predicted molar refractivity (Wildman–Crippen MR) is 104 cm³/mol. The standard InChI is InChI=1S/C17H29N5S2/c1-2-18-16(19-7-5-12-23-17-20-8-13-24-17)22-11-6-15(14-22)21-9-3-4-10-21/h8,13,15H,2-7,9-12,14H2,1H3,(H,18,19). The van der Waals surface area contributed by atoms with Crippen molar-refractivity contribution in [1.29, 1.82) is 0 Å². The van der Waals surface area contributed by atoms with Crippen molar-refractivity contribution in [3.8, 4) is 0 Å². The highest BCUT2D eigenvalue weighted by molar-refractivity contribution is 8.00. The number of aliphatic imine (C=N–C) groups is 1. The third-order valence-electron chi connectivity index (χ3n) is 4.65. The molecule has 0 aliphatic carbocycles. The highest BCUT2D eigenvalue weighted by atomic mass is 32.2. The number of aromatic nitrogens is 1. The maximum Gasteiger partial charge on any atom is 0.193 e. The Morgan fingerprint density at radius 2 is 2.29 bits per heavy atom. The van der Waals surface area contributed by atoms with Gasteiger partial charge in [0.2, 0.25) is 0 Å². The van der Waals surface area contributed by atoms with Crippen LogP contribution in [0.4, 0.5) is 0 Å². The highest BCUT2D eigenvalue weighted by Crippen LogP contribution is 2.21. The minimum atomic E-state index is 0.733. The zero-order valence-electron chi connectivity index (χ0n) is 14.6. The Morgan fingerprint density at radius 3 is 3.04 bits per heavy atom. The van der Waals surface area contributed by atoms with E-state index in [0.717, 1.165) is 50.4 Å². The maximum absolute atomic E-state index is 4.86. The molecule has 2 saturated heterocycles. The summed E-state index contributed by atoms with van der Waals surface area (Å²) in [6.07, 6.45) is 7.01. The summed E-state index contributed by atoms with van der Waals surface area (Å²) in [6.45, 7) is 8.85. The molecule has 24 heavy (non-hydrogen) atoms. The summed E-state index contributed by atoms with van der Waals surface area (Å²) in [5, 5.41) is 5.52. The van der Waals surface area contributed by atoms with Crippen molar-refractivity contribution in [2.75, 3.05) is 45.0 Å². The van der Waals surface area contributed by atoms with Crippen LogP contribution in [0.3, 0.4) is 0 Å². The molecule has 0 radical (unpaired) electrons. The fourth-order valence-electron chi connectivity index (χ4n) is 3.46. The van der Waals surface area contributed by atoms with Crippen LogP contribution in [0.25, 0.3) is 0 Å². The molecule has 2 aliphatic rings. The molecule has 0 spiro atoms. The zero-order valence-corrected chi connectivity index (χ0v) is 16.2. The molecule has 5 nitrogen and oxygen atoms in total. The molecular weight excluding hydrogens is 338 g/mol. The molecule has 1 unspecified atom stereocenters. The van der Waals surface area contributed by atoms with Crippen molar-refractivity contribution in [1.82, 2.24) is 20.1 Å². The van der Waals surface area contributed by atoms with Gasteiger partial charge in [0, 0.05) is 49.6 Å². The van der Waals surface area contributed by atoms with Crippen LogP contribution in [-0.2, 0) is 0 Å². The number of hydrogen-bond donors (Lipinski definition) is 1. The van der Waals surface area contributed by atoms with Gasteiger partial charge in [0.05, 0.1) is 0 Å². The number of hydrogen-bond acceptors (Lipinski definition) is 5. The van der Waals surface area contributed by atoms with Crippen LogP contribution in [0, 0.1) is 0 Å². The van der Waals surface area contributed by atoms with Gasteiger partial charge in [0.1, 0.15) is 4.34 Å². The van der Waals surface area contributed by atoms with Crippen LogP contribution in [0.15, 0.2) is 20.9 Å². The number of nitrogens with one attached hydrogen (secondary N) is 1. The molecule has 0 aromatic carbocycles. The SMILES string of the molecule is CCNC(=NCCCSc1nccs1)N1CCC(N2CCCC2)C1. The first kappa shape index (κ1) is 18.0. The first-order valence-electron chi connectivity index (χ1n) is 9.16. The second-order valence-corrected chi connectivity index (χ2v) is 8.60. The average molecular weight is 368 g/mol. The Balaban J connectivity index is 1.43. The van der Waals surface area contributed by atoms with Crippen LogP contribution in [0.2, 0.25) is 0 Å². The van der Waals surface area contributed by atoms with E-state index < -0.39 is 0 Å². The van der Waals surface area contributed by atoms with E-state index in [1.54, 1.807) is 11.3 Å². The summed E-state index contributed by atoms with van der Waals surface area (Å²) in [5.74, 6) is 2.20. The van der Waals surface area contributed by atoms with Gasteiger partial charge in [-0.25, -0.2) is 4.98 Å². The van der Waals surface area contributed by atoms with Crippen molar-refractivity contribution in [2.45, 2.75) is 43.0 Å². The van der Waals surface area contributed by atoms with Crippen molar-refractivity contribution >= 4 is 29.1 Å². The van der Waals surface area contributed by atoms with E-state index in [1.165, 1.54) is 36.7 Å². The van der Waals surface area contributed by atoms with Crippen LogP contribution in [-0.4, -0.2) is 71.8 Å². The summed E-state index contributed by atoms with van der Waals surface area (Å²) in [4.78, 5) is 14.3. The highest BCUT2D eigenvalue weighted by Gasteiger charge is 2.30. The predicted octanol–water partition coefficient (Wildman–Crippen LogP) is 2.76. The van der Waals surface area contributed by atoms with Crippen molar-refractivity contribution < 1.29 is 0 Å². The van der Waals surface area contributed by atoms with Gasteiger partial charge in [0.15, 0.2) is 5.96 Å². The van der Waals surface area contributed by atoms with Crippen LogP contribution in [0.5, 0.6) is 0 Å². The molecule has 0 amide bonds. The van der Waals surface area contributed by atoms with E-state index >= 15 is 0 Å². The molecule has 7 heteroatoms. The second kappa shape index (κ2) is 9.63. The van der Waals surface area contributed by atoms with Gasteiger partial charge in [-0.1, -0.05) is 11.8 Å². The van der Waals surface area contributed by atoms with E-state index in [1.807, 2.05) is 23.3 Å². The van der Waals surface area contributed by atoms with Gasteiger partial charge in [-0.2, -0.15) is 0 Å². The molecule has 2 fully saturated rings. The number of thioether (sulfide) groups is 1. The van der Waals surface area contributed by atoms with E-state index in [4.69, 9.17) is 4.99 Å². The normalized spacial score (nSPS) is 22.5. The number of likely N-dealkylation sites (tertiary alicyclic amines) is 2. The molecule has 134 valence electrons. The van der Waals surface area contributed by atoms with Gasteiger partial charge >= 0.3 is 0 Å². The second-order valence-electron chi connectivity index (χ2n) is 6.37. The smallest absolute Gasteiger partial charge is 0.193 e. The van der Waals surface area contributed by atoms with Crippen LogP contribution >= 0.6 is 23.1 Å². The lowest BCUT2D eigenvalue weighted by Gasteiger charge is -2.25. The molecule has 1 N–H and O–H groups in total. The minimum Gasteiger partial charge on any atom is -0.357 e. The Labute approximate surface area is 153 Å². The van der Waals surface area contributed by atoms with Gasteiger partial charge in [0.25, 0.3) is 0 Å². The quantitative estimate of drug-likeness (QED) is 0.347. The average Bonchev–Trinajstić information content (AvgIpc) is 3.34.